The molecule has 1 atom stereocenters. The Morgan fingerprint density at radius 3 is 2.50 bits per heavy atom. The van der Waals surface area contributed by atoms with E-state index in [0.29, 0.717) is 0 Å². The van der Waals surface area contributed by atoms with Crippen LogP contribution in [0.2, 0.25) is 5.02 Å². The van der Waals surface area contributed by atoms with Gasteiger partial charge in [0, 0.05) is 5.56 Å². The molecule has 0 spiro atoms. The molecule has 0 bridgehead atoms. The highest BCUT2D eigenvalue weighted by Crippen LogP contribution is 2.38. The Morgan fingerprint density at radius 1 is 1.44 bits per heavy atom. The lowest BCUT2D eigenvalue weighted by Crippen LogP contribution is -2.36. The molecule has 0 unspecified atom stereocenters. The summed E-state index contributed by atoms with van der Waals surface area (Å²) in [5.74, 6) is -5.41. The largest absolute Gasteiger partial charge is 0.506 e. The van der Waals surface area contributed by atoms with Gasteiger partial charge in [0.05, 0.1) is 0 Å². The number of rotatable bonds is 3. The number of benzene rings is 1. The number of nitrogens with two attached hydrogens (primary N) is 1. The third-order valence-corrected chi connectivity index (χ3v) is 2.46. The van der Waals surface area contributed by atoms with Gasteiger partial charge in [-0.05, 0) is 6.07 Å². The van der Waals surface area contributed by atoms with E-state index in [2.05, 4.69) is 0 Å². The van der Waals surface area contributed by atoms with Gasteiger partial charge < -0.3 is 15.9 Å². The molecule has 1 rings (SSSR count). The van der Waals surface area contributed by atoms with Crippen LogP contribution in [0.3, 0.4) is 0 Å². The first-order chi connectivity index (χ1) is 7.31. The Balaban J connectivity index is 3.20. The minimum absolute atomic E-state index is 0.426. The summed E-state index contributed by atoms with van der Waals surface area (Å²) >= 11 is 5.33. The van der Waals surface area contributed by atoms with Crippen LogP contribution >= 0.6 is 11.6 Å². The molecule has 0 amide bonds. The predicted molar refractivity (Wildman–Crippen MR) is 52.0 cm³/mol. The Kier molecular flexibility index (Phi) is 3.67. The van der Waals surface area contributed by atoms with Gasteiger partial charge in [-0.3, -0.25) is 0 Å². The molecule has 1 aromatic carbocycles. The van der Waals surface area contributed by atoms with Crippen LogP contribution in [-0.4, -0.2) is 22.7 Å². The number of phenolic OH excluding ortho intramolecular Hbond substituents is 1. The van der Waals surface area contributed by atoms with Crippen LogP contribution in [0.5, 0.6) is 5.75 Å². The number of aliphatic hydroxyl groups excluding tert-OH is 1. The Morgan fingerprint density at radius 2 is 2.00 bits per heavy atom. The normalized spacial score (nSPS) is 13.9. The molecule has 90 valence electrons. The van der Waals surface area contributed by atoms with Crippen LogP contribution in [0.25, 0.3) is 0 Å². The third kappa shape index (κ3) is 2.23. The summed E-state index contributed by atoms with van der Waals surface area (Å²) < 4.78 is 38.9. The van der Waals surface area contributed by atoms with E-state index in [1.54, 1.807) is 0 Å². The molecule has 0 heterocycles. The highest BCUT2D eigenvalue weighted by Gasteiger charge is 2.39. The van der Waals surface area contributed by atoms with Crippen molar-refractivity contribution in [3.8, 4) is 5.75 Å². The quantitative estimate of drug-likeness (QED) is 0.772. The van der Waals surface area contributed by atoms with Gasteiger partial charge in [-0.15, -0.1) is 0 Å². The second-order valence-electron chi connectivity index (χ2n) is 3.20. The van der Waals surface area contributed by atoms with Crippen molar-refractivity contribution in [2.24, 2.45) is 5.73 Å². The fraction of sp³-hybridized carbons (Fsp3) is 0.333. The van der Waals surface area contributed by atoms with E-state index in [1.165, 1.54) is 0 Å². The lowest BCUT2D eigenvalue weighted by atomic mass is 10.0. The molecule has 7 heteroatoms. The summed E-state index contributed by atoms with van der Waals surface area (Å²) in [5.41, 5.74) is 4.73. The Labute approximate surface area is 94.3 Å². The molecule has 0 fully saturated rings. The number of phenols is 1. The van der Waals surface area contributed by atoms with E-state index >= 15 is 0 Å². The topological polar surface area (TPSA) is 66.5 Å². The fourth-order valence-electron chi connectivity index (χ4n) is 1.13. The summed E-state index contributed by atoms with van der Waals surface area (Å²) in [6, 6.07) is -0.259. The molecular formula is C9H9ClF3NO2. The molecule has 0 aliphatic rings. The predicted octanol–water partition coefficient (Wildman–Crippen LogP) is 1.81. The molecule has 0 aliphatic heterocycles. The zero-order valence-corrected chi connectivity index (χ0v) is 8.68. The SMILES string of the molecule is N[C@H](c1ccc(F)c(Cl)c1O)C(F)(F)CO. The van der Waals surface area contributed by atoms with Crippen molar-refractivity contribution in [3.63, 3.8) is 0 Å². The Bertz CT molecular complexity index is 401. The average molecular weight is 256 g/mol. The van der Waals surface area contributed by atoms with Crippen molar-refractivity contribution in [1.82, 2.24) is 0 Å². The van der Waals surface area contributed by atoms with Crippen LogP contribution in [0.4, 0.5) is 13.2 Å². The Hall–Kier alpha value is -0.980. The highest BCUT2D eigenvalue weighted by molar-refractivity contribution is 6.32. The van der Waals surface area contributed by atoms with Crippen molar-refractivity contribution in [3.05, 3.63) is 28.5 Å². The molecular weight excluding hydrogens is 247 g/mol. The molecule has 0 saturated carbocycles. The second kappa shape index (κ2) is 4.48. The van der Waals surface area contributed by atoms with Crippen molar-refractivity contribution in [2.45, 2.75) is 12.0 Å². The first kappa shape index (κ1) is 13.1. The zero-order valence-electron chi connectivity index (χ0n) is 7.92. The lowest BCUT2D eigenvalue weighted by molar-refractivity contribution is -0.0716. The van der Waals surface area contributed by atoms with E-state index < -0.39 is 40.7 Å². The molecule has 4 N–H and O–H groups in total. The number of alkyl halides is 2. The summed E-state index contributed by atoms with van der Waals surface area (Å²) in [7, 11) is 0. The van der Waals surface area contributed by atoms with Gasteiger partial charge in [-0.25, -0.2) is 13.2 Å². The monoisotopic (exact) mass is 255 g/mol. The van der Waals surface area contributed by atoms with Gasteiger partial charge in [0.2, 0.25) is 0 Å². The summed E-state index contributed by atoms with van der Waals surface area (Å²) in [5, 5.41) is 17.1. The molecule has 3 nitrogen and oxygen atoms in total. The fourth-order valence-corrected chi connectivity index (χ4v) is 1.30. The molecule has 1 aromatic rings. The van der Waals surface area contributed by atoms with Crippen molar-refractivity contribution >= 4 is 11.6 Å². The molecule has 0 aromatic heterocycles. The van der Waals surface area contributed by atoms with Gasteiger partial charge in [-0.2, -0.15) is 0 Å². The van der Waals surface area contributed by atoms with Gasteiger partial charge in [0.1, 0.15) is 29.2 Å². The maximum absolute atomic E-state index is 13.0. The molecule has 16 heavy (non-hydrogen) atoms. The van der Waals surface area contributed by atoms with Gasteiger partial charge in [0.15, 0.2) is 0 Å². The van der Waals surface area contributed by atoms with Crippen LogP contribution in [0.15, 0.2) is 12.1 Å². The smallest absolute Gasteiger partial charge is 0.289 e. The van der Waals surface area contributed by atoms with E-state index in [0.717, 1.165) is 12.1 Å². The van der Waals surface area contributed by atoms with Crippen LogP contribution in [-0.2, 0) is 0 Å². The standard InChI is InChI=1S/C9H9ClF3NO2/c10-6-5(11)2-1-4(7(6)16)8(14)9(12,13)3-15/h1-2,8,15-16H,3,14H2/t8-/m1/s1. The lowest BCUT2D eigenvalue weighted by Gasteiger charge is -2.22. The second-order valence-corrected chi connectivity index (χ2v) is 3.57. The minimum atomic E-state index is -3.63. The molecule has 0 aliphatic carbocycles. The maximum Gasteiger partial charge on any atom is 0.289 e. The van der Waals surface area contributed by atoms with E-state index in [1.807, 2.05) is 0 Å². The zero-order chi connectivity index (χ0) is 12.5. The highest BCUT2D eigenvalue weighted by atomic mass is 35.5. The van der Waals surface area contributed by atoms with E-state index in [4.69, 9.17) is 22.4 Å². The minimum Gasteiger partial charge on any atom is -0.506 e. The van der Waals surface area contributed by atoms with Crippen LogP contribution < -0.4 is 5.73 Å². The van der Waals surface area contributed by atoms with Gasteiger partial charge in [0.25, 0.3) is 5.92 Å². The van der Waals surface area contributed by atoms with Crippen LogP contribution in [0.1, 0.15) is 11.6 Å². The number of aliphatic hydroxyl groups is 1. The van der Waals surface area contributed by atoms with Crippen molar-refractivity contribution in [1.29, 1.82) is 0 Å². The summed E-state index contributed by atoms with van der Waals surface area (Å²) in [6.45, 7) is -1.48. The van der Waals surface area contributed by atoms with Crippen molar-refractivity contribution < 1.29 is 23.4 Å². The number of aromatic hydroxyl groups is 1. The number of hydrogen-bond acceptors (Lipinski definition) is 3. The van der Waals surface area contributed by atoms with E-state index in [-0.39, 0.29) is 0 Å². The third-order valence-electron chi connectivity index (χ3n) is 2.10. The van der Waals surface area contributed by atoms with Gasteiger partial charge in [-0.1, -0.05) is 17.7 Å². The molecule has 0 saturated heterocycles. The van der Waals surface area contributed by atoms with Crippen molar-refractivity contribution in [2.75, 3.05) is 6.61 Å². The van der Waals surface area contributed by atoms with E-state index in [9.17, 15) is 18.3 Å². The molecule has 0 radical (unpaired) electrons. The first-order valence-corrected chi connectivity index (χ1v) is 4.60. The van der Waals surface area contributed by atoms with Crippen LogP contribution in [0, 0.1) is 5.82 Å². The summed E-state index contributed by atoms with van der Waals surface area (Å²) in [6.07, 6.45) is 0. The first-order valence-electron chi connectivity index (χ1n) is 4.22. The number of halogens is 4. The maximum atomic E-state index is 13.0. The number of hydrogen-bond donors (Lipinski definition) is 3. The van der Waals surface area contributed by atoms with Gasteiger partial charge >= 0.3 is 0 Å². The average Bonchev–Trinajstić information content (AvgIpc) is 2.25. The summed E-state index contributed by atoms with van der Waals surface area (Å²) in [4.78, 5) is 0.